The van der Waals surface area contributed by atoms with Crippen LogP contribution in [0.5, 0.6) is 0 Å². The summed E-state index contributed by atoms with van der Waals surface area (Å²) < 4.78 is 5.42. The average molecular weight is 267 g/mol. The van der Waals surface area contributed by atoms with Gasteiger partial charge in [0.15, 0.2) is 5.58 Å². The minimum absolute atomic E-state index is 0.00248. The molecule has 0 amide bonds. The molecule has 6 nitrogen and oxygen atoms in total. The minimum Gasteiger partial charge on any atom is -0.423 e. The first-order valence-corrected chi connectivity index (χ1v) is 6.70. The van der Waals surface area contributed by atoms with Crippen molar-refractivity contribution >= 4 is 34.6 Å². The number of oxazole rings is 1. The van der Waals surface area contributed by atoms with Crippen LogP contribution in [0.4, 0.5) is 11.7 Å². The number of nitrogens with zero attached hydrogens (tertiary/aromatic N) is 2. The molecule has 0 radical (unpaired) electrons. The van der Waals surface area contributed by atoms with E-state index in [0.717, 1.165) is 6.54 Å². The monoisotopic (exact) mass is 267 g/mol. The number of benzene rings is 1. The second-order valence-electron chi connectivity index (χ2n) is 3.86. The zero-order valence-corrected chi connectivity index (χ0v) is 10.9. The molecular weight excluding hydrogens is 254 g/mol. The normalized spacial score (nSPS) is 12.6. The smallest absolute Gasteiger partial charge is 0.295 e. The lowest BCUT2D eigenvalue weighted by Crippen LogP contribution is -2.12. The van der Waals surface area contributed by atoms with Crippen molar-refractivity contribution in [3.05, 3.63) is 28.3 Å². The van der Waals surface area contributed by atoms with Crippen molar-refractivity contribution in [2.45, 2.75) is 12.2 Å². The highest BCUT2D eigenvalue weighted by atomic mass is 32.2. The molecule has 2 rings (SSSR count). The number of rotatable bonds is 5. The maximum Gasteiger partial charge on any atom is 0.295 e. The zero-order valence-electron chi connectivity index (χ0n) is 10.0. The molecular formula is C11H13N3O3S. The van der Waals surface area contributed by atoms with Crippen LogP contribution in [0.3, 0.4) is 0 Å². The van der Waals surface area contributed by atoms with Gasteiger partial charge in [0.05, 0.1) is 11.0 Å². The Kier molecular flexibility index (Phi) is 3.71. The van der Waals surface area contributed by atoms with Crippen molar-refractivity contribution in [2.75, 3.05) is 18.1 Å². The SMILES string of the molecule is CSC(C)CNc1nc2ccc([N+](=O)[O-])cc2o1. The van der Waals surface area contributed by atoms with Crippen LogP contribution in [0.25, 0.3) is 11.1 Å². The summed E-state index contributed by atoms with van der Waals surface area (Å²) in [5.74, 6) is 0. The van der Waals surface area contributed by atoms with E-state index in [1.54, 1.807) is 17.8 Å². The Balaban J connectivity index is 2.19. The van der Waals surface area contributed by atoms with E-state index in [1.165, 1.54) is 12.1 Å². The van der Waals surface area contributed by atoms with Crippen molar-refractivity contribution in [3.63, 3.8) is 0 Å². The Bertz CT molecular complexity index is 570. The second-order valence-corrected chi connectivity index (χ2v) is 5.13. The molecule has 1 atom stereocenters. The lowest BCUT2D eigenvalue weighted by Gasteiger charge is -2.06. The molecule has 18 heavy (non-hydrogen) atoms. The summed E-state index contributed by atoms with van der Waals surface area (Å²) in [6.07, 6.45) is 2.03. The van der Waals surface area contributed by atoms with Crippen LogP contribution in [-0.4, -0.2) is 28.0 Å². The number of anilines is 1. The maximum atomic E-state index is 10.6. The van der Waals surface area contributed by atoms with E-state index in [9.17, 15) is 10.1 Å². The predicted octanol–water partition coefficient (Wildman–Crippen LogP) is 2.90. The highest BCUT2D eigenvalue weighted by Crippen LogP contribution is 2.23. The summed E-state index contributed by atoms with van der Waals surface area (Å²) in [7, 11) is 0. The lowest BCUT2D eigenvalue weighted by molar-refractivity contribution is -0.384. The van der Waals surface area contributed by atoms with Crippen LogP contribution < -0.4 is 5.32 Å². The lowest BCUT2D eigenvalue weighted by atomic mass is 10.3. The minimum atomic E-state index is -0.454. The predicted molar refractivity (Wildman–Crippen MR) is 72.1 cm³/mol. The quantitative estimate of drug-likeness (QED) is 0.662. The van der Waals surface area contributed by atoms with Crippen LogP contribution in [0.1, 0.15) is 6.92 Å². The average Bonchev–Trinajstić information content (AvgIpc) is 2.77. The van der Waals surface area contributed by atoms with Crippen molar-refractivity contribution in [2.24, 2.45) is 0 Å². The van der Waals surface area contributed by atoms with Gasteiger partial charge in [-0.2, -0.15) is 16.7 Å². The fourth-order valence-corrected chi connectivity index (χ4v) is 1.67. The Morgan fingerprint density at radius 1 is 1.61 bits per heavy atom. The Labute approximate surface area is 108 Å². The standard InChI is InChI=1S/C11H13N3O3S/c1-7(18-2)6-12-11-13-9-4-3-8(14(15)16)5-10(9)17-11/h3-5,7H,6H2,1-2H3,(H,12,13). The van der Waals surface area contributed by atoms with Gasteiger partial charge in [0.2, 0.25) is 0 Å². The third-order valence-electron chi connectivity index (χ3n) is 2.53. The number of fused-ring (bicyclic) bond motifs is 1. The van der Waals surface area contributed by atoms with Crippen LogP contribution in [-0.2, 0) is 0 Å². The molecule has 0 spiro atoms. The zero-order chi connectivity index (χ0) is 13.1. The number of nitro benzene ring substituents is 1. The maximum absolute atomic E-state index is 10.6. The molecule has 1 N–H and O–H groups in total. The van der Waals surface area contributed by atoms with E-state index < -0.39 is 4.92 Å². The third-order valence-corrected chi connectivity index (χ3v) is 3.50. The van der Waals surface area contributed by atoms with Gasteiger partial charge in [0, 0.05) is 17.9 Å². The molecule has 0 saturated heterocycles. The number of non-ortho nitro benzene ring substituents is 1. The Hall–Kier alpha value is -1.76. The van der Waals surface area contributed by atoms with E-state index in [-0.39, 0.29) is 5.69 Å². The summed E-state index contributed by atoms with van der Waals surface area (Å²) in [5, 5.41) is 14.1. The summed E-state index contributed by atoms with van der Waals surface area (Å²) >= 11 is 1.74. The molecule has 1 unspecified atom stereocenters. The van der Waals surface area contributed by atoms with E-state index >= 15 is 0 Å². The van der Waals surface area contributed by atoms with Gasteiger partial charge in [0.25, 0.3) is 11.7 Å². The molecule has 2 aromatic rings. The largest absolute Gasteiger partial charge is 0.423 e. The molecule has 1 aromatic heterocycles. The second kappa shape index (κ2) is 5.26. The molecule has 96 valence electrons. The fraction of sp³-hybridized carbons (Fsp3) is 0.364. The number of nitro groups is 1. The molecule has 7 heteroatoms. The molecule has 1 heterocycles. The van der Waals surface area contributed by atoms with Gasteiger partial charge < -0.3 is 9.73 Å². The van der Waals surface area contributed by atoms with Crippen LogP contribution in [0.2, 0.25) is 0 Å². The molecule has 0 bridgehead atoms. The summed E-state index contributed by atoms with van der Waals surface area (Å²) in [5.41, 5.74) is 1.03. The van der Waals surface area contributed by atoms with Gasteiger partial charge in [-0.25, -0.2) is 0 Å². The van der Waals surface area contributed by atoms with Gasteiger partial charge in [0.1, 0.15) is 5.52 Å². The van der Waals surface area contributed by atoms with E-state index in [0.29, 0.717) is 22.4 Å². The molecule has 1 aromatic carbocycles. The number of hydrogen-bond acceptors (Lipinski definition) is 6. The summed E-state index contributed by atoms with van der Waals surface area (Å²) in [4.78, 5) is 14.4. The molecule has 0 aliphatic rings. The first kappa shape index (κ1) is 12.7. The van der Waals surface area contributed by atoms with E-state index in [1.807, 2.05) is 6.26 Å². The molecule has 0 saturated carbocycles. The molecule has 0 aliphatic carbocycles. The van der Waals surface area contributed by atoms with Crippen LogP contribution in [0.15, 0.2) is 22.6 Å². The van der Waals surface area contributed by atoms with Crippen molar-refractivity contribution in [3.8, 4) is 0 Å². The Morgan fingerprint density at radius 2 is 2.39 bits per heavy atom. The Morgan fingerprint density at radius 3 is 3.06 bits per heavy atom. The number of aromatic nitrogens is 1. The van der Waals surface area contributed by atoms with Gasteiger partial charge in [-0.1, -0.05) is 6.92 Å². The summed E-state index contributed by atoms with van der Waals surface area (Å²) in [6.45, 7) is 2.82. The molecule has 0 fully saturated rings. The van der Waals surface area contributed by atoms with Gasteiger partial charge in [-0.3, -0.25) is 10.1 Å². The van der Waals surface area contributed by atoms with E-state index in [4.69, 9.17) is 4.42 Å². The highest BCUT2D eigenvalue weighted by Gasteiger charge is 2.11. The number of hydrogen-bond donors (Lipinski definition) is 1. The third kappa shape index (κ3) is 2.73. The van der Waals surface area contributed by atoms with Gasteiger partial charge >= 0.3 is 0 Å². The highest BCUT2D eigenvalue weighted by molar-refractivity contribution is 7.99. The van der Waals surface area contributed by atoms with Gasteiger partial charge in [-0.15, -0.1) is 0 Å². The fourth-order valence-electron chi connectivity index (χ4n) is 1.42. The topological polar surface area (TPSA) is 81.2 Å². The van der Waals surface area contributed by atoms with Crippen molar-refractivity contribution in [1.82, 2.24) is 4.98 Å². The number of thioether (sulfide) groups is 1. The van der Waals surface area contributed by atoms with Crippen molar-refractivity contribution in [1.29, 1.82) is 0 Å². The van der Waals surface area contributed by atoms with Gasteiger partial charge in [-0.05, 0) is 12.3 Å². The first-order valence-electron chi connectivity index (χ1n) is 5.42. The van der Waals surface area contributed by atoms with E-state index in [2.05, 4.69) is 17.2 Å². The van der Waals surface area contributed by atoms with Crippen LogP contribution in [0, 0.1) is 10.1 Å². The first-order chi connectivity index (χ1) is 8.60. The number of nitrogens with one attached hydrogen (secondary N) is 1. The van der Waals surface area contributed by atoms with Crippen LogP contribution >= 0.6 is 11.8 Å². The van der Waals surface area contributed by atoms with Crippen molar-refractivity contribution < 1.29 is 9.34 Å². The summed E-state index contributed by atoms with van der Waals surface area (Å²) in [6, 6.07) is 4.77. The molecule has 0 aliphatic heterocycles.